The predicted octanol–water partition coefficient (Wildman–Crippen LogP) is 5.25. The van der Waals surface area contributed by atoms with Crippen LogP contribution in [0.4, 0.5) is 17.1 Å². The number of anilines is 3. The molecule has 1 aromatic heterocycles. The van der Waals surface area contributed by atoms with Crippen LogP contribution in [0.2, 0.25) is 0 Å². The first-order valence-electron chi connectivity index (χ1n) is 10.9. The molecule has 1 heterocycles. The van der Waals surface area contributed by atoms with Gasteiger partial charge < -0.3 is 15.4 Å². The summed E-state index contributed by atoms with van der Waals surface area (Å²) in [7, 11) is -0.763. The van der Waals surface area contributed by atoms with Crippen LogP contribution in [0.5, 0.6) is 5.75 Å². The zero-order chi connectivity index (χ0) is 26.0. The summed E-state index contributed by atoms with van der Waals surface area (Å²) in [6.45, 7) is 3.20. The first kappa shape index (κ1) is 25.2. The maximum Gasteiger partial charge on any atom is 0.265 e. The van der Waals surface area contributed by atoms with E-state index in [0.29, 0.717) is 27.7 Å². The summed E-state index contributed by atoms with van der Waals surface area (Å²) in [4.78, 5) is 24.8. The standard InChI is InChI=1S/C26H25N3O5S2/c1-16-12-22(9-10-23(16)34-4)36(32,33)29(3)21-8-11-24-18(13-21)14-25(35-24)26(31)28-20-7-5-6-19(15-20)27-17(2)30/h5-15H,1-4H3,(H,27,30)(H,28,31). The van der Waals surface area contributed by atoms with Crippen LogP contribution in [0.1, 0.15) is 22.2 Å². The Morgan fingerprint density at radius 2 is 1.67 bits per heavy atom. The maximum atomic E-state index is 13.2. The van der Waals surface area contributed by atoms with Crippen molar-refractivity contribution in [2.45, 2.75) is 18.7 Å². The van der Waals surface area contributed by atoms with Gasteiger partial charge in [0.15, 0.2) is 0 Å². The van der Waals surface area contributed by atoms with Crippen LogP contribution in [0.3, 0.4) is 0 Å². The second kappa shape index (κ2) is 10.00. The molecule has 0 spiro atoms. The van der Waals surface area contributed by atoms with Crippen LogP contribution in [-0.2, 0) is 14.8 Å². The number of rotatable bonds is 7. The zero-order valence-corrected chi connectivity index (χ0v) is 21.8. The Balaban J connectivity index is 1.57. The Labute approximate surface area is 213 Å². The van der Waals surface area contributed by atoms with E-state index in [0.717, 1.165) is 15.6 Å². The van der Waals surface area contributed by atoms with E-state index in [2.05, 4.69) is 10.6 Å². The Bertz CT molecular complexity index is 1580. The third-order valence-electron chi connectivity index (χ3n) is 5.55. The Kier molecular flexibility index (Phi) is 7.00. The molecule has 4 aromatic rings. The van der Waals surface area contributed by atoms with E-state index < -0.39 is 10.0 Å². The van der Waals surface area contributed by atoms with E-state index in [-0.39, 0.29) is 16.7 Å². The largest absolute Gasteiger partial charge is 0.496 e. The normalized spacial score (nSPS) is 11.2. The van der Waals surface area contributed by atoms with Crippen molar-refractivity contribution < 1.29 is 22.7 Å². The van der Waals surface area contributed by atoms with Gasteiger partial charge in [0.1, 0.15) is 5.75 Å². The molecule has 0 saturated heterocycles. The molecule has 0 aliphatic heterocycles. The molecule has 0 fully saturated rings. The number of ether oxygens (including phenoxy) is 1. The number of carbonyl (C=O) groups is 2. The molecule has 2 amide bonds. The van der Waals surface area contributed by atoms with Crippen molar-refractivity contribution in [3.63, 3.8) is 0 Å². The fourth-order valence-electron chi connectivity index (χ4n) is 3.72. The molecule has 186 valence electrons. The van der Waals surface area contributed by atoms with E-state index in [4.69, 9.17) is 4.74 Å². The topological polar surface area (TPSA) is 105 Å². The van der Waals surface area contributed by atoms with Crippen molar-refractivity contribution >= 4 is 60.3 Å². The number of amides is 2. The predicted molar refractivity (Wildman–Crippen MR) is 144 cm³/mol. The highest BCUT2D eigenvalue weighted by atomic mass is 32.2. The van der Waals surface area contributed by atoms with Gasteiger partial charge in [-0.3, -0.25) is 13.9 Å². The van der Waals surface area contributed by atoms with E-state index in [1.165, 1.54) is 42.8 Å². The van der Waals surface area contributed by atoms with Gasteiger partial charge in [0, 0.05) is 30.0 Å². The minimum Gasteiger partial charge on any atom is -0.496 e. The number of sulfonamides is 1. The highest BCUT2D eigenvalue weighted by molar-refractivity contribution is 7.92. The molecule has 0 radical (unpaired) electrons. The van der Waals surface area contributed by atoms with E-state index >= 15 is 0 Å². The van der Waals surface area contributed by atoms with Crippen LogP contribution in [-0.4, -0.2) is 34.4 Å². The van der Waals surface area contributed by atoms with Gasteiger partial charge in [0.2, 0.25) is 5.91 Å². The third kappa shape index (κ3) is 5.19. The summed E-state index contributed by atoms with van der Waals surface area (Å²) in [5.41, 5.74) is 2.32. The van der Waals surface area contributed by atoms with Crippen molar-refractivity contribution in [1.29, 1.82) is 0 Å². The molecule has 10 heteroatoms. The number of nitrogens with zero attached hydrogens (tertiary/aromatic N) is 1. The highest BCUT2D eigenvalue weighted by Crippen LogP contribution is 2.32. The number of aryl methyl sites for hydroxylation is 1. The number of thiophene rings is 1. The van der Waals surface area contributed by atoms with Crippen LogP contribution < -0.4 is 19.7 Å². The Morgan fingerprint density at radius 3 is 2.33 bits per heavy atom. The van der Waals surface area contributed by atoms with Crippen LogP contribution in [0, 0.1) is 6.92 Å². The lowest BCUT2D eigenvalue weighted by molar-refractivity contribution is -0.114. The summed E-state index contributed by atoms with van der Waals surface area (Å²) >= 11 is 1.31. The second-order valence-electron chi connectivity index (χ2n) is 8.15. The molecule has 2 N–H and O–H groups in total. The van der Waals surface area contributed by atoms with Crippen molar-refractivity contribution in [3.8, 4) is 5.75 Å². The summed E-state index contributed by atoms with van der Waals surface area (Å²) in [6.07, 6.45) is 0. The van der Waals surface area contributed by atoms with E-state index in [1.54, 1.807) is 67.6 Å². The lowest BCUT2D eigenvalue weighted by Crippen LogP contribution is -2.26. The van der Waals surface area contributed by atoms with Crippen molar-refractivity contribution in [1.82, 2.24) is 0 Å². The summed E-state index contributed by atoms with van der Waals surface area (Å²) < 4.78 is 33.8. The molecule has 0 aliphatic carbocycles. The van der Waals surface area contributed by atoms with Gasteiger partial charge in [-0.1, -0.05) is 6.07 Å². The smallest absolute Gasteiger partial charge is 0.265 e. The number of fused-ring (bicyclic) bond motifs is 1. The van der Waals surface area contributed by atoms with Gasteiger partial charge in [0.25, 0.3) is 15.9 Å². The number of hydrogen-bond donors (Lipinski definition) is 2. The van der Waals surface area contributed by atoms with Gasteiger partial charge in [-0.15, -0.1) is 11.3 Å². The van der Waals surface area contributed by atoms with E-state index in [9.17, 15) is 18.0 Å². The van der Waals surface area contributed by atoms with Gasteiger partial charge in [0.05, 0.1) is 22.6 Å². The molecule has 0 saturated carbocycles. The van der Waals surface area contributed by atoms with Crippen LogP contribution in [0.15, 0.2) is 71.6 Å². The lowest BCUT2D eigenvalue weighted by atomic mass is 10.2. The minimum atomic E-state index is -3.80. The van der Waals surface area contributed by atoms with E-state index in [1.807, 2.05) is 0 Å². The first-order valence-corrected chi connectivity index (χ1v) is 13.2. The molecular formula is C26H25N3O5S2. The molecule has 0 aliphatic rings. The molecule has 3 aromatic carbocycles. The fraction of sp³-hybridized carbons (Fsp3) is 0.154. The summed E-state index contributed by atoms with van der Waals surface area (Å²) in [5, 5.41) is 6.27. The van der Waals surface area contributed by atoms with Crippen LogP contribution >= 0.6 is 11.3 Å². The average Bonchev–Trinajstić information content (AvgIpc) is 3.27. The third-order valence-corrected chi connectivity index (χ3v) is 8.45. The average molecular weight is 524 g/mol. The molecule has 4 rings (SSSR count). The second-order valence-corrected chi connectivity index (χ2v) is 11.2. The van der Waals surface area contributed by atoms with Crippen molar-refractivity contribution in [3.05, 3.63) is 77.2 Å². The maximum absolute atomic E-state index is 13.2. The van der Waals surface area contributed by atoms with Crippen molar-refractivity contribution in [2.24, 2.45) is 0 Å². The molecule has 0 bridgehead atoms. The Hall–Kier alpha value is -3.89. The zero-order valence-electron chi connectivity index (χ0n) is 20.2. The first-order chi connectivity index (χ1) is 17.1. The number of carbonyl (C=O) groups excluding carboxylic acids is 2. The Morgan fingerprint density at radius 1 is 0.944 bits per heavy atom. The summed E-state index contributed by atoms with van der Waals surface area (Å²) in [5.74, 6) is 0.115. The summed E-state index contributed by atoms with van der Waals surface area (Å²) in [6, 6.07) is 18.6. The van der Waals surface area contributed by atoms with Gasteiger partial charge in [-0.25, -0.2) is 8.42 Å². The van der Waals surface area contributed by atoms with Crippen LogP contribution in [0.25, 0.3) is 10.1 Å². The van der Waals surface area contributed by atoms with Crippen molar-refractivity contribution in [2.75, 3.05) is 29.1 Å². The van der Waals surface area contributed by atoms with Gasteiger partial charge in [-0.05, 0) is 78.5 Å². The number of methoxy groups -OCH3 is 1. The molecule has 36 heavy (non-hydrogen) atoms. The molecule has 8 nitrogen and oxygen atoms in total. The highest BCUT2D eigenvalue weighted by Gasteiger charge is 2.23. The SMILES string of the molecule is COc1ccc(S(=O)(=O)N(C)c2ccc3sc(C(=O)Nc4cccc(NC(C)=O)c4)cc3c2)cc1C. The minimum absolute atomic E-state index is 0.162. The number of benzene rings is 3. The van der Waals surface area contributed by atoms with Gasteiger partial charge in [-0.2, -0.15) is 0 Å². The number of nitrogens with one attached hydrogen (secondary N) is 2. The van der Waals surface area contributed by atoms with Gasteiger partial charge >= 0.3 is 0 Å². The monoisotopic (exact) mass is 523 g/mol. The molecule has 0 unspecified atom stereocenters. The fourth-order valence-corrected chi connectivity index (χ4v) is 5.93. The number of hydrogen-bond acceptors (Lipinski definition) is 6. The lowest BCUT2D eigenvalue weighted by Gasteiger charge is -2.20. The molecule has 0 atom stereocenters. The quantitative estimate of drug-likeness (QED) is 0.344. The molecular weight excluding hydrogens is 498 g/mol.